The molecule has 1 heterocycles. The zero-order valence-electron chi connectivity index (χ0n) is 11.5. The van der Waals surface area contributed by atoms with Crippen molar-refractivity contribution in [3.63, 3.8) is 0 Å². The summed E-state index contributed by atoms with van der Waals surface area (Å²) in [6, 6.07) is 4.78. The molecule has 2 unspecified atom stereocenters. The standard InChI is InChI=1S/C15H24N2/c1-11-6-5-7-16-14(11)10-17-13-9-15(3,4)8-12(13)2/h5-7,12-13,17H,8-10H2,1-4H3. The molecule has 1 aromatic heterocycles. The first-order valence-electron chi connectivity index (χ1n) is 6.62. The number of hydrogen-bond donors (Lipinski definition) is 1. The number of nitrogens with one attached hydrogen (secondary N) is 1. The lowest BCUT2D eigenvalue weighted by Crippen LogP contribution is -2.31. The van der Waals surface area contributed by atoms with Gasteiger partial charge in [-0.1, -0.05) is 26.8 Å². The van der Waals surface area contributed by atoms with E-state index >= 15 is 0 Å². The number of aromatic nitrogens is 1. The Bertz CT molecular complexity index is 384. The second kappa shape index (κ2) is 4.77. The van der Waals surface area contributed by atoms with Crippen molar-refractivity contribution in [1.82, 2.24) is 10.3 Å². The molecule has 2 heteroatoms. The van der Waals surface area contributed by atoms with Gasteiger partial charge in [0.05, 0.1) is 5.69 Å². The quantitative estimate of drug-likeness (QED) is 0.865. The lowest BCUT2D eigenvalue weighted by Gasteiger charge is -2.18. The summed E-state index contributed by atoms with van der Waals surface area (Å²) >= 11 is 0. The predicted molar refractivity (Wildman–Crippen MR) is 71.8 cm³/mol. The van der Waals surface area contributed by atoms with Gasteiger partial charge in [0.25, 0.3) is 0 Å². The molecular weight excluding hydrogens is 208 g/mol. The largest absolute Gasteiger partial charge is 0.308 e. The van der Waals surface area contributed by atoms with Gasteiger partial charge in [0, 0.05) is 18.8 Å². The molecule has 94 valence electrons. The third kappa shape index (κ3) is 3.06. The Morgan fingerprint density at radius 2 is 2.18 bits per heavy atom. The minimum Gasteiger partial charge on any atom is -0.308 e. The summed E-state index contributed by atoms with van der Waals surface area (Å²) < 4.78 is 0. The maximum atomic E-state index is 4.44. The maximum Gasteiger partial charge on any atom is 0.0570 e. The molecule has 0 radical (unpaired) electrons. The van der Waals surface area contributed by atoms with Crippen LogP contribution >= 0.6 is 0 Å². The number of hydrogen-bond acceptors (Lipinski definition) is 2. The van der Waals surface area contributed by atoms with Crippen LogP contribution in [0.5, 0.6) is 0 Å². The van der Waals surface area contributed by atoms with Gasteiger partial charge in [-0.15, -0.1) is 0 Å². The lowest BCUT2D eigenvalue weighted by molar-refractivity contribution is 0.361. The molecule has 2 rings (SSSR count). The summed E-state index contributed by atoms with van der Waals surface area (Å²) in [6.45, 7) is 10.1. The molecule has 2 atom stereocenters. The first-order chi connectivity index (χ1) is 7.98. The molecule has 1 aliphatic rings. The Hall–Kier alpha value is -0.890. The van der Waals surface area contributed by atoms with Gasteiger partial charge in [-0.05, 0) is 42.7 Å². The number of aryl methyl sites for hydroxylation is 1. The summed E-state index contributed by atoms with van der Waals surface area (Å²) in [5.74, 6) is 0.772. The van der Waals surface area contributed by atoms with Crippen molar-refractivity contribution in [3.05, 3.63) is 29.6 Å². The fourth-order valence-corrected chi connectivity index (χ4v) is 3.10. The van der Waals surface area contributed by atoms with Gasteiger partial charge < -0.3 is 5.32 Å². The molecule has 1 fully saturated rings. The summed E-state index contributed by atoms with van der Waals surface area (Å²) in [6.07, 6.45) is 4.48. The highest BCUT2D eigenvalue weighted by Crippen LogP contribution is 2.40. The highest BCUT2D eigenvalue weighted by atomic mass is 14.9. The molecule has 1 saturated carbocycles. The molecular formula is C15H24N2. The van der Waals surface area contributed by atoms with Crippen LogP contribution in [0.4, 0.5) is 0 Å². The molecule has 0 spiro atoms. The first-order valence-corrected chi connectivity index (χ1v) is 6.62. The molecule has 0 saturated heterocycles. The average Bonchev–Trinajstić information content (AvgIpc) is 2.51. The van der Waals surface area contributed by atoms with E-state index in [1.54, 1.807) is 0 Å². The van der Waals surface area contributed by atoms with Crippen LogP contribution in [0.25, 0.3) is 0 Å². The van der Waals surface area contributed by atoms with Gasteiger partial charge in [-0.2, -0.15) is 0 Å². The predicted octanol–water partition coefficient (Wildman–Crippen LogP) is 3.30. The van der Waals surface area contributed by atoms with E-state index in [1.807, 2.05) is 12.3 Å². The van der Waals surface area contributed by atoms with Gasteiger partial charge in [-0.25, -0.2) is 0 Å². The highest BCUT2D eigenvalue weighted by molar-refractivity contribution is 5.17. The molecule has 17 heavy (non-hydrogen) atoms. The van der Waals surface area contributed by atoms with Crippen molar-refractivity contribution in [3.8, 4) is 0 Å². The Morgan fingerprint density at radius 3 is 2.76 bits per heavy atom. The van der Waals surface area contributed by atoms with Crippen molar-refractivity contribution in [2.75, 3.05) is 0 Å². The van der Waals surface area contributed by atoms with Crippen LogP contribution in [-0.2, 0) is 6.54 Å². The first kappa shape index (κ1) is 12.6. The summed E-state index contributed by atoms with van der Waals surface area (Å²) in [4.78, 5) is 4.44. The lowest BCUT2D eigenvalue weighted by atomic mass is 9.91. The van der Waals surface area contributed by atoms with Gasteiger partial charge in [0.15, 0.2) is 0 Å². The Morgan fingerprint density at radius 1 is 1.41 bits per heavy atom. The topological polar surface area (TPSA) is 24.9 Å². The third-order valence-corrected chi connectivity index (χ3v) is 3.98. The van der Waals surface area contributed by atoms with Crippen LogP contribution in [0.2, 0.25) is 0 Å². The summed E-state index contributed by atoms with van der Waals surface area (Å²) in [7, 11) is 0. The van der Waals surface area contributed by atoms with Crippen LogP contribution in [0.3, 0.4) is 0 Å². The van der Waals surface area contributed by atoms with E-state index in [1.165, 1.54) is 24.1 Å². The normalized spacial score (nSPS) is 27.3. The van der Waals surface area contributed by atoms with Crippen molar-refractivity contribution >= 4 is 0 Å². The minimum atomic E-state index is 0.496. The highest BCUT2D eigenvalue weighted by Gasteiger charge is 2.36. The SMILES string of the molecule is Cc1cccnc1CNC1CC(C)(C)CC1C. The summed E-state index contributed by atoms with van der Waals surface area (Å²) in [5.41, 5.74) is 2.96. The van der Waals surface area contributed by atoms with E-state index in [2.05, 4.69) is 44.1 Å². The molecule has 0 amide bonds. The molecule has 0 aromatic carbocycles. The van der Waals surface area contributed by atoms with E-state index in [-0.39, 0.29) is 0 Å². The van der Waals surface area contributed by atoms with Crippen LogP contribution in [-0.4, -0.2) is 11.0 Å². The van der Waals surface area contributed by atoms with Crippen molar-refractivity contribution in [2.45, 2.75) is 53.1 Å². The van der Waals surface area contributed by atoms with E-state index < -0.39 is 0 Å². The monoisotopic (exact) mass is 232 g/mol. The minimum absolute atomic E-state index is 0.496. The Kier molecular flexibility index (Phi) is 3.53. The van der Waals surface area contributed by atoms with Crippen molar-refractivity contribution < 1.29 is 0 Å². The fraction of sp³-hybridized carbons (Fsp3) is 0.667. The number of pyridine rings is 1. The Balaban J connectivity index is 1.93. The van der Waals surface area contributed by atoms with Crippen LogP contribution in [0, 0.1) is 18.3 Å². The second-order valence-corrected chi connectivity index (χ2v) is 6.30. The van der Waals surface area contributed by atoms with Gasteiger partial charge in [-0.3, -0.25) is 4.98 Å². The maximum absolute atomic E-state index is 4.44. The van der Waals surface area contributed by atoms with E-state index in [0.29, 0.717) is 11.5 Å². The zero-order chi connectivity index (χ0) is 12.5. The van der Waals surface area contributed by atoms with E-state index in [9.17, 15) is 0 Å². The molecule has 1 aromatic rings. The van der Waals surface area contributed by atoms with Gasteiger partial charge in [0.2, 0.25) is 0 Å². The van der Waals surface area contributed by atoms with Crippen molar-refractivity contribution in [1.29, 1.82) is 0 Å². The van der Waals surface area contributed by atoms with Crippen LogP contribution in [0.15, 0.2) is 18.3 Å². The Labute approximate surface area is 105 Å². The average molecular weight is 232 g/mol. The fourth-order valence-electron chi connectivity index (χ4n) is 3.10. The van der Waals surface area contributed by atoms with E-state index in [0.717, 1.165) is 12.5 Å². The smallest absolute Gasteiger partial charge is 0.0570 e. The molecule has 0 aliphatic heterocycles. The van der Waals surface area contributed by atoms with Gasteiger partial charge in [0.1, 0.15) is 0 Å². The van der Waals surface area contributed by atoms with Crippen molar-refractivity contribution in [2.24, 2.45) is 11.3 Å². The third-order valence-electron chi connectivity index (χ3n) is 3.98. The van der Waals surface area contributed by atoms with Crippen LogP contribution in [0.1, 0.15) is 44.9 Å². The molecule has 0 bridgehead atoms. The van der Waals surface area contributed by atoms with Gasteiger partial charge >= 0.3 is 0 Å². The second-order valence-electron chi connectivity index (χ2n) is 6.30. The zero-order valence-corrected chi connectivity index (χ0v) is 11.5. The molecule has 1 aliphatic carbocycles. The molecule has 1 N–H and O–H groups in total. The van der Waals surface area contributed by atoms with E-state index in [4.69, 9.17) is 0 Å². The number of rotatable bonds is 3. The summed E-state index contributed by atoms with van der Waals surface area (Å²) in [5, 5.41) is 3.68. The molecule has 2 nitrogen and oxygen atoms in total. The number of nitrogens with zero attached hydrogens (tertiary/aromatic N) is 1. The van der Waals surface area contributed by atoms with Crippen LogP contribution < -0.4 is 5.32 Å².